The molecule has 3 heterocycles. The van der Waals surface area contributed by atoms with E-state index >= 15 is 0 Å². The number of halogens is 1. The lowest BCUT2D eigenvalue weighted by atomic mass is 10.1. The van der Waals surface area contributed by atoms with Crippen molar-refractivity contribution in [1.82, 2.24) is 10.2 Å². The smallest absolute Gasteiger partial charge is 0.227 e. The van der Waals surface area contributed by atoms with Gasteiger partial charge in [-0.05, 0) is 62.7 Å². The summed E-state index contributed by atoms with van der Waals surface area (Å²) in [6, 6.07) is 8.55. The van der Waals surface area contributed by atoms with Crippen LogP contribution in [0.4, 0.5) is 10.1 Å². The van der Waals surface area contributed by atoms with Gasteiger partial charge in [-0.1, -0.05) is 12.5 Å². The molecule has 2 atom stereocenters. The molecule has 30 heavy (non-hydrogen) atoms. The number of hydrogen-bond donors (Lipinski definition) is 1. The molecule has 1 N–H and O–H groups in total. The van der Waals surface area contributed by atoms with Crippen molar-refractivity contribution in [2.75, 3.05) is 31.1 Å². The highest BCUT2D eigenvalue weighted by molar-refractivity contribution is 6.00. The van der Waals surface area contributed by atoms with Crippen molar-refractivity contribution in [3.05, 3.63) is 53.7 Å². The lowest BCUT2D eigenvalue weighted by Crippen LogP contribution is -2.42. The lowest BCUT2D eigenvalue weighted by molar-refractivity contribution is -0.126. The van der Waals surface area contributed by atoms with Gasteiger partial charge in [0.25, 0.3) is 0 Å². The monoisotopic (exact) mass is 413 g/mol. The summed E-state index contributed by atoms with van der Waals surface area (Å²) in [4.78, 5) is 29.0. The molecule has 7 heteroatoms. The zero-order chi connectivity index (χ0) is 21.1. The molecule has 2 aliphatic rings. The first-order chi connectivity index (χ1) is 14.5. The largest absolute Gasteiger partial charge is 0.468 e. The summed E-state index contributed by atoms with van der Waals surface area (Å²) in [5, 5.41) is 3.01. The van der Waals surface area contributed by atoms with Gasteiger partial charge in [-0.3, -0.25) is 14.5 Å². The van der Waals surface area contributed by atoms with Gasteiger partial charge >= 0.3 is 0 Å². The molecule has 4 rings (SSSR count). The number of nitrogens with one attached hydrogen (secondary N) is 1. The van der Waals surface area contributed by atoms with Crippen molar-refractivity contribution in [3.8, 4) is 0 Å². The number of anilines is 1. The number of rotatable bonds is 6. The van der Waals surface area contributed by atoms with Crippen molar-refractivity contribution < 1.29 is 18.4 Å². The Labute approximate surface area is 176 Å². The van der Waals surface area contributed by atoms with E-state index in [0.29, 0.717) is 6.54 Å². The van der Waals surface area contributed by atoms with Crippen molar-refractivity contribution >= 4 is 17.5 Å². The van der Waals surface area contributed by atoms with Gasteiger partial charge in [-0.2, -0.15) is 0 Å². The van der Waals surface area contributed by atoms with E-state index < -0.39 is 11.7 Å². The van der Waals surface area contributed by atoms with E-state index in [-0.39, 0.29) is 36.5 Å². The van der Waals surface area contributed by atoms with Crippen LogP contribution in [-0.4, -0.2) is 42.9 Å². The number of furan rings is 1. The minimum atomic E-state index is -0.489. The summed E-state index contributed by atoms with van der Waals surface area (Å²) in [5.74, 6) is -0.490. The second kappa shape index (κ2) is 9.00. The Morgan fingerprint density at radius 3 is 2.77 bits per heavy atom. The predicted molar refractivity (Wildman–Crippen MR) is 111 cm³/mol. The second-order valence-corrected chi connectivity index (χ2v) is 8.23. The zero-order valence-corrected chi connectivity index (χ0v) is 17.3. The van der Waals surface area contributed by atoms with Gasteiger partial charge in [0.2, 0.25) is 11.8 Å². The van der Waals surface area contributed by atoms with Crippen LogP contribution in [0.25, 0.3) is 0 Å². The maximum absolute atomic E-state index is 14.3. The van der Waals surface area contributed by atoms with Crippen LogP contribution in [0.2, 0.25) is 0 Å². The number of carbonyl (C=O) groups excluding carboxylic acids is 2. The highest BCUT2D eigenvalue weighted by atomic mass is 19.1. The minimum absolute atomic E-state index is 0.0213. The van der Waals surface area contributed by atoms with Crippen LogP contribution in [0.15, 0.2) is 41.0 Å². The summed E-state index contributed by atoms with van der Waals surface area (Å²) >= 11 is 0. The maximum Gasteiger partial charge on any atom is 0.227 e. The van der Waals surface area contributed by atoms with E-state index in [1.165, 1.54) is 17.4 Å². The Hall–Kier alpha value is -2.67. The Morgan fingerprint density at radius 1 is 1.27 bits per heavy atom. The van der Waals surface area contributed by atoms with Gasteiger partial charge in [-0.25, -0.2) is 4.39 Å². The second-order valence-electron chi connectivity index (χ2n) is 8.23. The van der Waals surface area contributed by atoms with E-state index in [0.717, 1.165) is 37.3 Å². The Bertz CT molecular complexity index is 893. The van der Waals surface area contributed by atoms with E-state index in [1.807, 2.05) is 12.1 Å². The molecule has 2 aliphatic heterocycles. The van der Waals surface area contributed by atoms with Crippen molar-refractivity contribution in [1.29, 1.82) is 0 Å². The molecule has 2 fully saturated rings. The summed E-state index contributed by atoms with van der Waals surface area (Å²) in [6.45, 7) is 4.37. The summed E-state index contributed by atoms with van der Waals surface area (Å²) < 4.78 is 19.9. The summed E-state index contributed by atoms with van der Waals surface area (Å²) in [5.41, 5.74) is 1.03. The van der Waals surface area contributed by atoms with Gasteiger partial charge in [-0.15, -0.1) is 0 Å². The van der Waals surface area contributed by atoms with Gasteiger partial charge in [0.05, 0.1) is 23.9 Å². The van der Waals surface area contributed by atoms with Crippen molar-refractivity contribution in [3.63, 3.8) is 0 Å². The number of likely N-dealkylation sites (tertiary alicyclic amines) is 1. The zero-order valence-electron chi connectivity index (χ0n) is 17.3. The molecule has 0 spiro atoms. The fourth-order valence-electron chi connectivity index (χ4n) is 4.41. The topological polar surface area (TPSA) is 65.8 Å². The fourth-order valence-corrected chi connectivity index (χ4v) is 4.41. The summed E-state index contributed by atoms with van der Waals surface area (Å²) in [6.07, 6.45) is 5.24. The molecule has 2 amide bonds. The molecule has 1 aromatic carbocycles. The van der Waals surface area contributed by atoms with E-state index in [9.17, 15) is 14.0 Å². The van der Waals surface area contributed by atoms with Gasteiger partial charge in [0, 0.05) is 19.5 Å². The Kier molecular flexibility index (Phi) is 6.18. The SMILES string of the molecule is Cc1ccc(N2CC(C(=O)NCC(c3ccco3)N3CCCCC3)CC2=O)c(F)c1. The number of amides is 2. The number of carbonyl (C=O) groups is 2. The van der Waals surface area contributed by atoms with Gasteiger partial charge < -0.3 is 14.6 Å². The molecule has 0 radical (unpaired) electrons. The molecule has 2 unspecified atom stereocenters. The van der Waals surface area contributed by atoms with Crippen LogP contribution in [0.5, 0.6) is 0 Å². The predicted octanol–water partition coefficient (Wildman–Crippen LogP) is 3.42. The van der Waals surface area contributed by atoms with Gasteiger partial charge in [0.15, 0.2) is 0 Å². The number of nitrogens with zero attached hydrogens (tertiary/aromatic N) is 2. The first kappa shape index (κ1) is 20.6. The number of benzene rings is 1. The van der Waals surface area contributed by atoms with E-state index in [2.05, 4.69) is 10.2 Å². The van der Waals surface area contributed by atoms with Crippen LogP contribution in [0.3, 0.4) is 0 Å². The minimum Gasteiger partial charge on any atom is -0.468 e. The third-order valence-electron chi connectivity index (χ3n) is 6.06. The average molecular weight is 413 g/mol. The van der Waals surface area contributed by atoms with Crippen LogP contribution >= 0.6 is 0 Å². The molecule has 6 nitrogen and oxygen atoms in total. The average Bonchev–Trinajstić information content (AvgIpc) is 3.39. The maximum atomic E-state index is 14.3. The van der Waals surface area contributed by atoms with Crippen LogP contribution in [0, 0.1) is 18.7 Å². The number of hydrogen-bond acceptors (Lipinski definition) is 4. The van der Waals surface area contributed by atoms with E-state index in [1.54, 1.807) is 25.3 Å². The molecule has 160 valence electrons. The Balaban J connectivity index is 1.40. The molecule has 0 bridgehead atoms. The first-order valence-corrected chi connectivity index (χ1v) is 10.6. The van der Waals surface area contributed by atoms with Crippen LogP contribution in [0.1, 0.15) is 43.0 Å². The molecule has 0 saturated carbocycles. The first-order valence-electron chi connectivity index (χ1n) is 10.6. The molecule has 2 saturated heterocycles. The third kappa shape index (κ3) is 4.41. The summed E-state index contributed by atoms with van der Waals surface area (Å²) in [7, 11) is 0. The van der Waals surface area contributed by atoms with Crippen molar-refractivity contribution in [2.45, 2.75) is 38.6 Å². The molecule has 1 aromatic heterocycles. The fraction of sp³-hybridized carbons (Fsp3) is 0.478. The van der Waals surface area contributed by atoms with Gasteiger partial charge in [0.1, 0.15) is 11.6 Å². The van der Waals surface area contributed by atoms with E-state index in [4.69, 9.17) is 4.42 Å². The van der Waals surface area contributed by atoms with Crippen LogP contribution in [-0.2, 0) is 9.59 Å². The molecular weight excluding hydrogens is 385 g/mol. The molecule has 2 aromatic rings. The number of piperidine rings is 1. The Morgan fingerprint density at radius 2 is 2.07 bits per heavy atom. The standard InChI is InChI=1S/C23H28FN3O3/c1-16-7-8-19(18(24)12-16)27-15-17(13-22(27)28)23(29)25-14-20(21-6-5-11-30-21)26-9-3-2-4-10-26/h5-8,11-12,17,20H,2-4,9-10,13-15H2,1H3,(H,25,29). The quantitative estimate of drug-likeness (QED) is 0.788. The molecule has 0 aliphatic carbocycles. The normalized spacial score (nSPS) is 21.1. The molecular formula is C23H28FN3O3. The van der Waals surface area contributed by atoms with Crippen LogP contribution < -0.4 is 10.2 Å². The van der Waals surface area contributed by atoms with Crippen molar-refractivity contribution in [2.24, 2.45) is 5.92 Å². The highest BCUT2D eigenvalue weighted by Gasteiger charge is 2.36. The third-order valence-corrected chi connectivity index (χ3v) is 6.06. The highest BCUT2D eigenvalue weighted by Crippen LogP contribution is 2.29. The number of aryl methyl sites for hydroxylation is 1. The lowest BCUT2D eigenvalue weighted by Gasteiger charge is -2.33.